The summed E-state index contributed by atoms with van der Waals surface area (Å²) in [5.41, 5.74) is 7.50. The molecule has 4 rings (SSSR count). The first-order valence-electron chi connectivity index (χ1n) is 9.56. The standard InChI is InChI=1S/C21H21F2N5O2S/c1-12-10-26-18-16(27-12)6-7-25-17(18)9-13-4-5-15(22)14(8-13)20(2)11-31(29,30)21(3,23)19(24)28-20/h4-8,10H,9,11H2,1-3H3,(H2,24,28)/t20-,21+/m0/s1. The van der Waals surface area contributed by atoms with Gasteiger partial charge >= 0.3 is 0 Å². The lowest BCUT2D eigenvalue weighted by molar-refractivity contribution is 0.354. The normalized spacial score (nSPS) is 25.4. The molecular weight excluding hydrogens is 424 g/mol. The molecular formula is C21H21F2N5O2S. The molecule has 2 atom stereocenters. The Bertz CT molecular complexity index is 1340. The third-order valence-electron chi connectivity index (χ3n) is 5.52. The molecule has 3 aromatic rings. The number of amidine groups is 1. The first-order valence-corrected chi connectivity index (χ1v) is 11.2. The van der Waals surface area contributed by atoms with Gasteiger partial charge in [-0.2, -0.15) is 0 Å². The van der Waals surface area contributed by atoms with Crippen LogP contribution in [0.3, 0.4) is 0 Å². The van der Waals surface area contributed by atoms with Crippen LogP contribution >= 0.6 is 0 Å². The summed E-state index contributed by atoms with van der Waals surface area (Å²) < 4.78 is 54.3. The third kappa shape index (κ3) is 3.54. The number of nitrogens with two attached hydrogens (primary N) is 1. The first-order chi connectivity index (χ1) is 14.4. The average molecular weight is 445 g/mol. The van der Waals surface area contributed by atoms with Gasteiger partial charge < -0.3 is 5.73 Å². The maximum absolute atomic E-state index is 14.8. The van der Waals surface area contributed by atoms with E-state index in [1.54, 1.807) is 24.5 Å². The highest BCUT2D eigenvalue weighted by Gasteiger charge is 2.53. The van der Waals surface area contributed by atoms with E-state index in [1.165, 1.54) is 19.1 Å². The maximum Gasteiger partial charge on any atom is 0.263 e. The Morgan fingerprint density at radius 1 is 1.19 bits per heavy atom. The lowest BCUT2D eigenvalue weighted by atomic mass is 9.91. The minimum Gasteiger partial charge on any atom is -0.384 e. The Morgan fingerprint density at radius 2 is 1.94 bits per heavy atom. The zero-order chi connectivity index (χ0) is 22.6. The highest BCUT2D eigenvalue weighted by Crippen LogP contribution is 2.39. The van der Waals surface area contributed by atoms with Crippen molar-refractivity contribution in [1.82, 2.24) is 15.0 Å². The van der Waals surface area contributed by atoms with Crippen LogP contribution < -0.4 is 5.73 Å². The number of rotatable bonds is 3. The first kappa shape index (κ1) is 21.2. The summed E-state index contributed by atoms with van der Waals surface area (Å²) in [6.07, 6.45) is 3.58. The predicted octanol–water partition coefficient (Wildman–Crippen LogP) is 2.75. The van der Waals surface area contributed by atoms with Crippen molar-refractivity contribution in [1.29, 1.82) is 0 Å². The van der Waals surface area contributed by atoms with Crippen LogP contribution in [0, 0.1) is 12.7 Å². The van der Waals surface area contributed by atoms with Gasteiger partial charge in [0.25, 0.3) is 5.00 Å². The number of alkyl halides is 1. The second-order valence-corrected chi connectivity index (χ2v) is 10.4. The van der Waals surface area contributed by atoms with Crippen molar-refractivity contribution in [3.63, 3.8) is 0 Å². The van der Waals surface area contributed by atoms with Crippen LogP contribution in [0.1, 0.15) is 36.4 Å². The summed E-state index contributed by atoms with van der Waals surface area (Å²) in [4.78, 5) is 17.3. The molecule has 0 saturated heterocycles. The largest absolute Gasteiger partial charge is 0.384 e. The number of benzene rings is 1. The minimum absolute atomic E-state index is 0.0224. The molecule has 0 aliphatic carbocycles. The summed E-state index contributed by atoms with van der Waals surface area (Å²) in [6, 6.07) is 6.09. The van der Waals surface area contributed by atoms with Crippen LogP contribution in [0.2, 0.25) is 0 Å². The average Bonchev–Trinajstić information content (AvgIpc) is 2.67. The molecule has 1 aliphatic rings. The summed E-state index contributed by atoms with van der Waals surface area (Å²) in [6.45, 7) is 4.12. The van der Waals surface area contributed by atoms with Gasteiger partial charge in [0.05, 0.1) is 22.7 Å². The highest BCUT2D eigenvalue weighted by molar-refractivity contribution is 7.93. The lowest BCUT2D eigenvalue weighted by Gasteiger charge is -2.35. The molecule has 162 valence electrons. The van der Waals surface area contributed by atoms with Crippen molar-refractivity contribution in [3.05, 3.63) is 65.0 Å². The number of aromatic nitrogens is 3. The van der Waals surface area contributed by atoms with Crippen molar-refractivity contribution in [2.24, 2.45) is 10.7 Å². The Kier molecular flexibility index (Phi) is 4.80. The molecule has 3 heterocycles. The molecule has 2 aromatic heterocycles. The number of pyridine rings is 1. The number of aliphatic imine (C=N–C) groups is 1. The van der Waals surface area contributed by atoms with Gasteiger partial charge in [0.2, 0.25) is 0 Å². The van der Waals surface area contributed by atoms with Crippen molar-refractivity contribution in [3.8, 4) is 0 Å². The van der Waals surface area contributed by atoms with E-state index in [0.29, 0.717) is 28.7 Å². The Labute approximate surface area is 178 Å². The quantitative estimate of drug-likeness (QED) is 0.664. The van der Waals surface area contributed by atoms with Crippen molar-refractivity contribution >= 4 is 26.7 Å². The van der Waals surface area contributed by atoms with Gasteiger partial charge in [-0.05, 0) is 38.5 Å². The number of hydrogen-bond acceptors (Lipinski definition) is 7. The van der Waals surface area contributed by atoms with Crippen molar-refractivity contribution in [2.45, 2.75) is 37.7 Å². The Morgan fingerprint density at radius 3 is 2.65 bits per heavy atom. The second kappa shape index (κ2) is 7.01. The fourth-order valence-corrected chi connectivity index (χ4v) is 5.31. The van der Waals surface area contributed by atoms with Crippen LogP contribution in [0.4, 0.5) is 8.78 Å². The predicted molar refractivity (Wildman–Crippen MR) is 114 cm³/mol. The van der Waals surface area contributed by atoms with Crippen LogP contribution in [0.5, 0.6) is 0 Å². The van der Waals surface area contributed by atoms with E-state index in [0.717, 1.165) is 12.6 Å². The summed E-state index contributed by atoms with van der Waals surface area (Å²) >= 11 is 0. The fraction of sp³-hybridized carbons (Fsp3) is 0.333. The maximum atomic E-state index is 14.8. The molecule has 0 bridgehead atoms. The van der Waals surface area contributed by atoms with Crippen molar-refractivity contribution in [2.75, 3.05) is 5.75 Å². The fourth-order valence-electron chi connectivity index (χ4n) is 3.71. The number of nitrogens with zero attached hydrogens (tertiary/aromatic N) is 4. The minimum atomic E-state index is -4.31. The molecule has 1 aromatic carbocycles. The zero-order valence-corrected chi connectivity index (χ0v) is 18.0. The van der Waals surface area contributed by atoms with Crippen LogP contribution in [-0.4, -0.2) is 40.0 Å². The molecule has 7 nitrogen and oxygen atoms in total. The van der Waals surface area contributed by atoms with Crippen LogP contribution in [0.15, 0.2) is 41.7 Å². The molecule has 10 heteroatoms. The van der Waals surface area contributed by atoms with E-state index < -0.39 is 37.8 Å². The molecule has 2 N–H and O–H groups in total. The summed E-state index contributed by atoms with van der Waals surface area (Å²) in [7, 11) is -4.31. The van der Waals surface area contributed by atoms with Crippen LogP contribution in [-0.2, 0) is 21.8 Å². The second-order valence-electron chi connectivity index (χ2n) is 8.07. The van der Waals surface area contributed by atoms with Crippen LogP contribution in [0.25, 0.3) is 11.0 Å². The topological polar surface area (TPSA) is 111 Å². The number of halogens is 2. The molecule has 0 fully saturated rings. The monoisotopic (exact) mass is 445 g/mol. The molecule has 0 spiro atoms. The van der Waals surface area contributed by atoms with E-state index in [2.05, 4.69) is 19.9 Å². The van der Waals surface area contributed by atoms with Crippen molar-refractivity contribution < 1.29 is 17.2 Å². The van der Waals surface area contributed by atoms with Gasteiger partial charge in [-0.25, -0.2) is 22.2 Å². The van der Waals surface area contributed by atoms with Gasteiger partial charge in [-0.15, -0.1) is 0 Å². The van der Waals surface area contributed by atoms with Gasteiger partial charge in [0.15, 0.2) is 9.84 Å². The van der Waals surface area contributed by atoms with E-state index >= 15 is 0 Å². The lowest BCUT2D eigenvalue weighted by Crippen LogP contribution is -2.54. The van der Waals surface area contributed by atoms with Gasteiger partial charge in [0.1, 0.15) is 22.7 Å². The summed E-state index contributed by atoms with van der Waals surface area (Å²) in [5.74, 6) is -2.04. The number of hydrogen-bond donors (Lipinski definition) is 1. The van der Waals surface area contributed by atoms with E-state index in [9.17, 15) is 17.2 Å². The highest BCUT2D eigenvalue weighted by atomic mass is 32.2. The molecule has 31 heavy (non-hydrogen) atoms. The number of aryl methyl sites for hydroxylation is 1. The van der Waals surface area contributed by atoms with E-state index in [-0.39, 0.29) is 5.56 Å². The molecule has 1 aliphatic heterocycles. The van der Waals surface area contributed by atoms with Gasteiger partial charge in [0, 0.05) is 24.4 Å². The Balaban J connectivity index is 1.78. The SMILES string of the molecule is Cc1cnc2c(Cc3ccc(F)c([C@]4(C)CS(=O)(=O)[C@@](C)(F)C(N)=N4)c3)nccc2n1. The van der Waals surface area contributed by atoms with Gasteiger partial charge in [-0.3, -0.25) is 15.0 Å². The molecule has 0 amide bonds. The van der Waals surface area contributed by atoms with E-state index in [4.69, 9.17) is 5.73 Å². The number of fused-ring (bicyclic) bond motifs is 1. The molecule has 0 radical (unpaired) electrons. The molecule has 0 unspecified atom stereocenters. The molecule has 0 saturated carbocycles. The third-order valence-corrected chi connectivity index (χ3v) is 7.84. The summed E-state index contributed by atoms with van der Waals surface area (Å²) in [5, 5.41) is -2.79. The smallest absolute Gasteiger partial charge is 0.263 e. The zero-order valence-electron chi connectivity index (χ0n) is 17.2. The van der Waals surface area contributed by atoms with Gasteiger partial charge in [-0.1, -0.05) is 12.1 Å². The number of sulfone groups is 1. The van der Waals surface area contributed by atoms with E-state index in [1.807, 2.05) is 6.92 Å². The Hall–Kier alpha value is -3.01.